The lowest BCUT2D eigenvalue weighted by Gasteiger charge is -2.32. The third-order valence-corrected chi connectivity index (χ3v) is 7.79. The number of rotatable bonds is 8. The Kier molecular flexibility index (Phi) is 11.6. The highest BCUT2D eigenvalue weighted by molar-refractivity contribution is 6.02. The molecule has 16 nitrogen and oxygen atoms in total. The van der Waals surface area contributed by atoms with Gasteiger partial charge < -0.3 is 29.3 Å². The Hall–Kier alpha value is -5.43. The van der Waals surface area contributed by atoms with E-state index in [0.29, 0.717) is 39.3 Å². The number of nitrogens with zero attached hydrogens (tertiary/aromatic N) is 7. The molecule has 0 radical (unpaired) electrons. The first kappa shape index (κ1) is 36.4. The highest BCUT2D eigenvalue weighted by atomic mass is 19.4. The van der Waals surface area contributed by atoms with Gasteiger partial charge in [-0.3, -0.25) is 34.6 Å². The van der Waals surface area contributed by atoms with Gasteiger partial charge >= 0.3 is 6.18 Å². The SMILES string of the molecule is CN1CCN(C(=O)CNC(=O)c2ccc([N+](=O)[O-])cc2)CC1.CN1CCN(c2oc(-c3ccc([N+](=O)[O-])cc3)nc2C(=O)C(F)(F)F)CC1. The van der Waals surface area contributed by atoms with Crippen molar-refractivity contribution >= 4 is 34.9 Å². The molecule has 2 amide bonds. The van der Waals surface area contributed by atoms with Crippen molar-refractivity contribution in [1.29, 1.82) is 0 Å². The van der Waals surface area contributed by atoms with E-state index in [1.54, 1.807) is 9.80 Å². The van der Waals surface area contributed by atoms with Gasteiger partial charge in [-0.2, -0.15) is 13.2 Å². The lowest BCUT2D eigenvalue weighted by molar-refractivity contribution is -0.385. The van der Waals surface area contributed by atoms with Crippen LogP contribution >= 0.6 is 0 Å². The number of ketones is 1. The largest absolute Gasteiger partial charge is 0.456 e. The third kappa shape index (κ3) is 9.57. The molecule has 262 valence electrons. The first-order valence-electron chi connectivity index (χ1n) is 14.9. The Bertz CT molecular complexity index is 1670. The van der Waals surface area contributed by atoms with Crippen LogP contribution in [0.3, 0.4) is 0 Å². The molecule has 1 aromatic heterocycles. The van der Waals surface area contributed by atoms with Crippen LogP contribution in [-0.2, 0) is 4.79 Å². The van der Waals surface area contributed by atoms with Crippen molar-refractivity contribution in [1.82, 2.24) is 25.0 Å². The minimum atomic E-state index is -5.09. The van der Waals surface area contributed by atoms with Crippen molar-refractivity contribution in [2.24, 2.45) is 0 Å². The molecule has 2 aromatic carbocycles. The Morgan fingerprint density at radius 1 is 0.816 bits per heavy atom. The number of halogens is 3. The number of hydrogen-bond donors (Lipinski definition) is 1. The molecule has 0 bridgehead atoms. The predicted octanol–water partition coefficient (Wildman–Crippen LogP) is 2.85. The number of likely N-dealkylation sites (N-methyl/N-ethyl adjacent to an activating group) is 2. The fourth-order valence-electron chi connectivity index (χ4n) is 4.83. The molecule has 2 aliphatic heterocycles. The number of Topliss-reactive ketones (excluding diaryl/α,β-unsaturated/α-hetero) is 1. The fraction of sp³-hybridized carbons (Fsp3) is 0.400. The average molecular weight is 691 g/mol. The normalized spacial score (nSPS) is 15.6. The average Bonchev–Trinajstić information content (AvgIpc) is 3.52. The molecule has 19 heteroatoms. The molecule has 2 saturated heterocycles. The molecule has 0 saturated carbocycles. The van der Waals surface area contributed by atoms with Gasteiger partial charge in [-0.15, -0.1) is 0 Å². The first-order valence-corrected chi connectivity index (χ1v) is 14.9. The van der Waals surface area contributed by atoms with Crippen molar-refractivity contribution in [3.05, 3.63) is 80.0 Å². The number of non-ortho nitro benzene ring substituents is 2. The molecule has 3 heterocycles. The summed E-state index contributed by atoms with van der Waals surface area (Å²) >= 11 is 0. The second kappa shape index (κ2) is 15.6. The Morgan fingerprint density at radius 3 is 1.80 bits per heavy atom. The van der Waals surface area contributed by atoms with E-state index in [1.807, 2.05) is 19.0 Å². The van der Waals surface area contributed by atoms with Crippen molar-refractivity contribution in [3.8, 4) is 11.5 Å². The van der Waals surface area contributed by atoms with Gasteiger partial charge in [-0.05, 0) is 38.4 Å². The number of amides is 2. The second-order valence-corrected chi connectivity index (χ2v) is 11.3. The first-order chi connectivity index (χ1) is 23.1. The van der Waals surface area contributed by atoms with Crippen LogP contribution in [0.15, 0.2) is 52.9 Å². The highest BCUT2D eigenvalue weighted by Gasteiger charge is 2.44. The molecule has 0 spiro atoms. The zero-order valence-corrected chi connectivity index (χ0v) is 26.5. The summed E-state index contributed by atoms with van der Waals surface area (Å²) in [6.45, 7) is 4.82. The Labute approximate surface area is 277 Å². The van der Waals surface area contributed by atoms with E-state index < -0.39 is 33.4 Å². The van der Waals surface area contributed by atoms with Gasteiger partial charge in [0.25, 0.3) is 23.1 Å². The Morgan fingerprint density at radius 2 is 1.31 bits per heavy atom. The van der Waals surface area contributed by atoms with Crippen LogP contribution < -0.4 is 10.2 Å². The Balaban J connectivity index is 0.000000226. The number of nitrogens with one attached hydrogen (secondary N) is 1. The van der Waals surface area contributed by atoms with Crippen LogP contribution in [-0.4, -0.2) is 126 Å². The quantitative estimate of drug-likeness (QED) is 0.207. The lowest BCUT2D eigenvalue weighted by Crippen LogP contribution is -2.50. The number of nitro groups is 2. The predicted molar refractivity (Wildman–Crippen MR) is 168 cm³/mol. The van der Waals surface area contributed by atoms with E-state index in [-0.39, 0.29) is 46.7 Å². The zero-order chi connectivity index (χ0) is 35.9. The number of carbonyl (C=O) groups excluding carboxylic acids is 3. The molecule has 0 unspecified atom stereocenters. The molecule has 0 atom stereocenters. The van der Waals surface area contributed by atoms with Crippen LogP contribution in [0.2, 0.25) is 0 Å². The number of nitro benzene ring substituents is 2. The third-order valence-electron chi connectivity index (χ3n) is 7.79. The summed E-state index contributed by atoms with van der Waals surface area (Å²) in [5.74, 6) is -3.07. The van der Waals surface area contributed by atoms with Crippen molar-refractivity contribution < 1.29 is 41.8 Å². The zero-order valence-electron chi connectivity index (χ0n) is 26.5. The van der Waals surface area contributed by atoms with E-state index in [9.17, 15) is 47.8 Å². The summed E-state index contributed by atoms with van der Waals surface area (Å²) in [7, 11) is 3.87. The van der Waals surface area contributed by atoms with Crippen LogP contribution in [0.5, 0.6) is 0 Å². The molecule has 5 rings (SSSR count). The number of alkyl halides is 3. The lowest BCUT2D eigenvalue weighted by atomic mass is 10.2. The van der Waals surface area contributed by atoms with E-state index in [2.05, 4.69) is 15.2 Å². The number of oxazole rings is 1. The van der Waals surface area contributed by atoms with E-state index >= 15 is 0 Å². The van der Waals surface area contributed by atoms with Gasteiger partial charge in [0.15, 0.2) is 5.69 Å². The highest BCUT2D eigenvalue weighted by Crippen LogP contribution is 2.33. The minimum Gasteiger partial charge on any atom is -0.420 e. The number of hydrogen-bond acceptors (Lipinski definition) is 12. The molecule has 1 N–H and O–H groups in total. The molecule has 3 aromatic rings. The summed E-state index contributed by atoms with van der Waals surface area (Å²) < 4.78 is 44.4. The van der Waals surface area contributed by atoms with Crippen molar-refractivity contribution in [2.45, 2.75) is 6.18 Å². The fourth-order valence-corrected chi connectivity index (χ4v) is 4.83. The summed E-state index contributed by atoms with van der Waals surface area (Å²) in [6.07, 6.45) is -5.09. The topological polar surface area (TPSA) is 189 Å². The smallest absolute Gasteiger partial charge is 0.420 e. The second-order valence-electron chi connectivity index (χ2n) is 11.3. The van der Waals surface area contributed by atoms with Crippen LogP contribution in [0.4, 0.5) is 30.4 Å². The molecular formula is C30H33F3N8O8. The van der Waals surface area contributed by atoms with Gasteiger partial charge in [0.2, 0.25) is 17.7 Å². The maximum atomic E-state index is 13.0. The van der Waals surface area contributed by atoms with Gasteiger partial charge in [0.1, 0.15) is 0 Å². The molecule has 2 aliphatic rings. The summed E-state index contributed by atoms with van der Waals surface area (Å²) in [5.41, 5.74) is -0.546. The maximum Gasteiger partial charge on any atom is 0.456 e. The summed E-state index contributed by atoms with van der Waals surface area (Å²) in [4.78, 5) is 67.0. The number of carbonyl (C=O) groups is 3. The molecular weight excluding hydrogens is 657 g/mol. The van der Waals surface area contributed by atoms with Crippen LogP contribution in [0.1, 0.15) is 20.8 Å². The van der Waals surface area contributed by atoms with Gasteiger partial charge in [-0.1, -0.05) is 0 Å². The number of aromatic nitrogens is 1. The van der Waals surface area contributed by atoms with Gasteiger partial charge in [0, 0.05) is 87.8 Å². The summed E-state index contributed by atoms with van der Waals surface area (Å²) in [6, 6.07) is 10.2. The number of piperazine rings is 2. The van der Waals surface area contributed by atoms with Gasteiger partial charge in [-0.25, -0.2) is 4.98 Å². The van der Waals surface area contributed by atoms with Crippen LogP contribution in [0, 0.1) is 20.2 Å². The molecule has 49 heavy (non-hydrogen) atoms. The maximum absolute atomic E-state index is 13.0. The summed E-state index contributed by atoms with van der Waals surface area (Å²) in [5, 5.41) is 23.8. The molecule has 2 fully saturated rings. The number of anilines is 1. The van der Waals surface area contributed by atoms with E-state index in [4.69, 9.17) is 4.42 Å². The monoisotopic (exact) mass is 690 g/mol. The minimum absolute atomic E-state index is 0.0699. The van der Waals surface area contributed by atoms with Crippen molar-refractivity contribution in [3.63, 3.8) is 0 Å². The number of benzene rings is 2. The van der Waals surface area contributed by atoms with Gasteiger partial charge in [0.05, 0.1) is 16.4 Å². The van der Waals surface area contributed by atoms with E-state index in [1.165, 1.54) is 48.5 Å². The van der Waals surface area contributed by atoms with Crippen molar-refractivity contribution in [2.75, 3.05) is 77.9 Å². The van der Waals surface area contributed by atoms with Crippen LogP contribution in [0.25, 0.3) is 11.5 Å². The van der Waals surface area contributed by atoms with E-state index in [0.717, 1.165) is 13.1 Å². The standard InChI is InChI=1S/C16H15F3N4O4.C14H18N4O4/c1-21-6-8-22(9-7-21)15-12(13(24)16(17,18)19)20-14(27-15)10-2-4-11(5-3-10)23(25)26;1-16-6-8-17(9-7-16)13(19)10-15-14(20)11-2-4-12(5-3-11)18(21)22/h2-5H,6-9H2,1H3;2-5H,6-10H2,1H3,(H,15,20). The molecule has 0 aliphatic carbocycles.